The summed E-state index contributed by atoms with van der Waals surface area (Å²) < 4.78 is 10.1. The first-order valence-corrected chi connectivity index (χ1v) is 12.7. The number of ketones is 1. The van der Waals surface area contributed by atoms with Crippen LogP contribution in [0.15, 0.2) is 59.8 Å². The van der Waals surface area contributed by atoms with Gasteiger partial charge in [-0.15, -0.1) is 0 Å². The number of hydrogen-bond acceptors (Lipinski definition) is 5. The van der Waals surface area contributed by atoms with Gasteiger partial charge in [0.1, 0.15) is 5.65 Å². The number of aromatic nitrogens is 4. The molecule has 6 rings (SSSR count). The lowest BCUT2D eigenvalue weighted by Gasteiger charge is -2.14. The average molecular weight is 471 g/mol. The third-order valence-electron chi connectivity index (χ3n) is 6.73. The molecule has 6 nitrogen and oxygen atoms in total. The molecule has 1 saturated heterocycles. The van der Waals surface area contributed by atoms with E-state index in [0.29, 0.717) is 5.75 Å². The largest absolute Gasteiger partial charge is 0.376 e. The zero-order chi connectivity index (χ0) is 23.2. The number of rotatable bonds is 6. The average Bonchev–Trinajstić information content (AvgIpc) is 3.57. The summed E-state index contributed by atoms with van der Waals surface area (Å²) in [5.74, 6) is 0.432. The summed E-state index contributed by atoms with van der Waals surface area (Å²) >= 11 is 1.47. The van der Waals surface area contributed by atoms with Crippen LogP contribution >= 0.6 is 11.8 Å². The number of para-hydroxylation sites is 3. The summed E-state index contributed by atoms with van der Waals surface area (Å²) in [6, 6.07) is 18.1. The fourth-order valence-electron chi connectivity index (χ4n) is 4.97. The molecule has 0 aliphatic carbocycles. The number of carbonyl (C=O) groups is 1. The van der Waals surface area contributed by atoms with Crippen molar-refractivity contribution in [1.29, 1.82) is 0 Å². The van der Waals surface area contributed by atoms with E-state index in [1.165, 1.54) is 11.8 Å². The van der Waals surface area contributed by atoms with Crippen molar-refractivity contribution in [2.75, 3.05) is 12.4 Å². The number of Topliss-reactive ketones (excluding diaryl/α,β-unsaturated/α-hetero) is 1. The van der Waals surface area contributed by atoms with Crippen molar-refractivity contribution in [2.45, 2.75) is 44.5 Å². The fraction of sp³-hybridized carbons (Fsp3) is 0.296. The number of ether oxygens (including phenoxy) is 1. The molecule has 1 aliphatic heterocycles. The molecule has 1 aliphatic rings. The molecule has 1 fully saturated rings. The van der Waals surface area contributed by atoms with Crippen molar-refractivity contribution in [3.63, 3.8) is 0 Å². The summed E-state index contributed by atoms with van der Waals surface area (Å²) in [7, 11) is 0. The molecule has 0 spiro atoms. The molecular weight excluding hydrogens is 444 g/mol. The lowest BCUT2D eigenvalue weighted by Crippen LogP contribution is -2.17. The highest BCUT2D eigenvalue weighted by atomic mass is 32.2. The van der Waals surface area contributed by atoms with E-state index in [1.54, 1.807) is 0 Å². The maximum Gasteiger partial charge on any atom is 0.175 e. The lowest BCUT2D eigenvalue weighted by atomic mass is 10.2. The number of imidazole rings is 1. The molecule has 172 valence electrons. The van der Waals surface area contributed by atoms with Gasteiger partial charge in [-0.05, 0) is 57.0 Å². The number of carbonyl (C=O) groups excluding carboxylic acids is 1. The monoisotopic (exact) mass is 470 g/mol. The van der Waals surface area contributed by atoms with E-state index in [4.69, 9.17) is 14.7 Å². The van der Waals surface area contributed by atoms with E-state index in [2.05, 4.69) is 22.0 Å². The van der Waals surface area contributed by atoms with Gasteiger partial charge >= 0.3 is 0 Å². The molecule has 3 aromatic heterocycles. The molecule has 4 heterocycles. The third kappa shape index (κ3) is 3.60. The van der Waals surface area contributed by atoms with Crippen LogP contribution < -0.4 is 0 Å². The zero-order valence-electron chi connectivity index (χ0n) is 19.3. The van der Waals surface area contributed by atoms with E-state index in [-0.39, 0.29) is 11.9 Å². The van der Waals surface area contributed by atoms with Gasteiger partial charge < -0.3 is 9.30 Å². The van der Waals surface area contributed by atoms with Crippen LogP contribution in [0.2, 0.25) is 0 Å². The van der Waals surface area contributed by atoms with Gasteiger partial charge in [-0.25, -0.2) is 9.97 Å². The summed E-state index contributed by atoms with van der Waals surface area (Å²) in [6.45, 7) is 5.75. The normalized spacial score (nSPS) is 16.2. The maximum absolute atomic E-state index is 13.3. The van der Waals surface area contributed by atoms with Crippen LogP contribution in [-0.2, 0) is 11.3 Å². The van der Waals surface area contributed by atoms with E-state index in [1.807, 2.05) is 55.5 Å². The van der Waals surface area contributed by atoms with Crippen molar-refractivity contribution in [3.8, 4) is 0 Å². The van der Waals surface area contributed by atoms with Gasteiger partial charge in [0, 0.05) is 35.5 Å². The Balaban J connectivity index is 1.33. The minimum Gasteiger partial charge on any atom is -0.376 e. The minimum atomic E-state index is 0.115. The topological polar surface area (TPSA) is 61.4 Å². The highest BCUT2D eigenvalue weighted by Gasteiger charge is 2.22. The Hall–Kier alpha value is -3.16. The van der Waals surface area contributed by atoms with Crippen LogP contribution in [0.25, 0.3) is 27.6 Å². The molecule has 1 unspecified atom stereocenters. The SMILES string of the molecule is Cc1cc(C(=O)CSc2nc3ccccc3c3nc4ccccc4n23)c(C)n1CC1CCCO1. The minimum absolute atomic E-state index is 0.115. The Labute approximate surface area is 202 Å². The highest BCUT2D eigenvalue weighted by molar-refractivity contribution is 7.99. The van der Waals surface area contributed by atoms with Gasteiger partial charge in [-0.3, -0.25) is 9.20 Å². The second-order valence-corrected chi connectivity index (χ2v) is 9.86. The number of aryl methyl sites for hydroxylation is 1. The second-order valence-electron chi connectivity index (χ2n) is 8.91. The fourth-order valence-corrected chi connectivity index (χ4v) is 5.87. The van der Waals surface area contributed by atoms with Crippen molar-refractivity contribution in [3.05, 3.63) is 71.5 Å². The summed E-state index contributed by atoms with van der Waals surface area (Å²) in [6.07, 6.45) is 2.44. The van der Waals surface area contributed by atoms with E-state index in [0.717, 1.165) is 75.7 Å². The lowest BCUT2D eigenvalue weighted by molar-refractivity contribution is 0.0957. The van der Waals surface area contributed by atoms with Gasteiger partial charge in [0.05, 0.1) is 28.4 Å². The number of fused-ring (bicyclic) bond motifs is 5. The molecule has 1 atom stereocenters. The van der Waals surface area contributed by atoms with E-state index in [9.17, 15) is 4.79 Å². The molecule has 0 amide bonds. The molecule has 7 heteroatoms. The van der Waals surface area contributed by atoms with Crippen LogP contribution in [-0.4, -0.2) is 43.2 Å². The molecule has 2 aromatic carbocycles. The summed E-state index contributed by atoms with van der Waals surface area (Å²) in [5.41, 5.74) is 6.59. The van der Waals surface area contributed by atoms with Crippen molar-refractivity contribution in [1.82, 2.24) is 18.9 Å². The number of thioether (sulfide) groups is 1. The predicted molar refractivity (Wildman–Crippen MR) is 136 cm³/mol. The molecule has 5 aromatic rings. The Morgan fingerprint density at radius 3 is 2.71 bits per heavy atom. The Kier molecular flexibility index (Phi) is 5.38. The first kappa shape index (κ1) is 21.4. The summed E-state index contributed by atoms with van der Waals surface area (Å²) in [5, 5.41) is 1.79. The number of nitrogens with zero attached hydrogens (tertiary/aromatic N) is 4. The van der Waals surface area contributed by atoms with Gasteiger partial charge in [0.2, 0.25) is 0 Å². The molecule has 34 heavy (non-hydrogen) atoms. The van der Waals surface area contributed by atoms with Crippen molar-refractivity contribution in [2.24, 2.45) is 0 Å². The standard InChI is InChI=1S/C27H26N4O2S/c1-17-14-21(18(2)30(17)15-19-8-7-13-33-19)25(32)16-34-27-29-22-10-4-3-9-20(22)26-28-23-11-5-6-12-24(23)31(26)27/h3-6,9-12,14,19H,7-8,13,15-16H2,1-2H3. The van der Waals surface area contributed by atoms with Gasteiger partial charge in [-0.2, -0.15) is 0 Å². The zero-order valence-corrected chi connectivity index (χ0v) is 20.1. The molecular formula is C27H26N4O2S. The van der Waals surface area contributed by atoms with Gasteiger partial charge in [-0.1, -0.05) is 36.0 Å². The van der Waals surface area contributed by atoms with Crippen LogP contribution in [0.3, 0.4) is 0 Å². The molecule has 0 bridgehead atoms. The first-order chi connectivity index (χ1) is 16.6. The quantitative estimate of drug-likeness (QED) is 0.183. The van der Waals surface area contributed by atoms with Crippen molar-refractivity contribution >= 4 is 45.1 Å². The smallest absolute Gasteiger partial charge is 0.175 e. The highest BCUT2D eigenvalue weighted by Crippen LogP contribution is 2.30. The molecule has 0 radical (unpaired) electrons. The Morgan fingerprint density at radius 1 is 1.09 bits per heavy atom. The first-order valence-electron chi connectivity index (χ1n) is 11.7. The van der Waals surface area contributed by atoms with E-state index >= 15 is 0 Å². The Morgan fingerprint density at radius 2 is 1.88 bits per heavy atom. The number of benzene rings is 2. The van der Waals surface area contributed by atoms with Crippen LogP contribution in [0.5, 0.6) is 0 Å². The van der Waals surface area contributed by atoms with Gasteiger partial charge in [0.15, 0.2) is 10.9 Å². The molecule has 0 saturated carbocycles. The van der Waals surface area contributed by atoms with Crippen LogP contribution in [0.1, 0.15) is 34.6 Å². The van der Waals surface area contributed by atoms with Crippen LogP contribution in [0.4, 0.5) is 0 Å². The second kappa shape index (κ2) is 8.56. The summed E-state index contributed by atoms with van der Waals surface area (Å²) in [4.78, 5) is 23.1. The third-order valence-corrected chi connectivity index (χ3v) is 7.67. The van der Waals surface area contributed by atoms with E-state index < -0.39 is 0 Å². The van der Waals surface area contributed by atoms with Gasteiger partial charge in [0.25, 0.3) is 0 Å². The maximum atomic E-state index is 13.3. The van der Waals surface area contributed by atoms with Crippen molar-refractivity contribution < 1.29 is 9.53 Å². The molecule has 0 N–H and O–H groups in total. The number of hydrogen-bond donors (Lipinski definition) is 0. The predicted octanol–water partition coefficient (Wildman–Crippen LogP) is 5.61. The van der Waals surface area contributed by atoms with Crippen LogP contribution in [0, 0.1) is 13.8 Å². The Bertz CT molecular complexity index is 1550.